The van der Waals surface area contributed by atoms with Gasteiger partial charge in [0.1, 0.15) is 5.54 Å². The van der Waals surface area contributed by atoms with Gasteiger partial charge in [-0.2, -0.15) is 8.42 Å². The van der Waals surface area contributed by atoms with Crippen LogP contribution in [0.5, 0.6) is 0 Å². The Morgan fingerprint density at radius 3 is 1.60 bits per heavy atom. The Morgan fingerprint density at radius 2 is 1.18 bits per heavy atom. The van der Waals surface area contributed by atoms with E-state index in [4.69, 9.17) is 8.61 Å². The molecule has 4 rings (SSSR count). The van der Waals surface area contributed by atoms with E-state index < -0.39 is 42.0 Å². The lowest BCUT2D eigenvalue weighted by molar-refractivity contribution is -0.129. The summed E-state index contributed by atoms with van der Waals surface area (Å²) in [4.78, 5) is 27.9. The van der Waals surface area contributed by atoms with Crippen LogP contribution in [0.3, 0.4) is 0 Å². The van der Waals surface area contributed by atoms with Gasteiger partial charge in [-0.05, 0) is 46.8 Å². The first-order valence-corrected chi connectivity index (χ1v) is 21.7. The summed E-state index contributed by atoms with van der Waals surface area (Å²) in [5, 5.41) is 6.28. The molecule has 8 nitrogen and oxygen atoms in total. The van der Waals surface area contributed by atoms with Crippen molar-refractivity contribution in [2.75, 3.05) is 12.9 Å². The minimum Gasteiger partial charge on any atom is -0.415 e. The molecule has 0 unspecified atom stereocenters. The summed E-state index contributed by atoms with van der Waals surface area (Å²) in [5.74, 6) is -0.808. The Morgan fingerprint density at radius 1 is 0.740 bits per heavy atom. The van der Waals surface area contributed by atoms with E-state index in [-0.39, 0.29) is 36.8 Å². The van der Waals surface area contributed by atoms with E-state index >= 15 is 0 Å². The molecule has 2 atom stereocenters. The van der Waals surface area contributed by atoms with Gasteiger partial charge in [0.25, 0.3) is 16.0 Å². The van der Waals surface area contributed by atoms with Crippen LogP contribution in [0.15, 0.2) is 121 Å². The molecule has 0 fully saturated rings. The smallest absolute Gasteiger partial charge is 0.265 e. The van der Waals surface area contributed by atoms with Gasteiger partial charge in [0.05, 0.1) is 18.9 Å². The van der Waals surface area contributed by atoms with Gasteiger partial charge >= 0.3 is 0 Å². The van der Waals surface area contributed by atoms with Gasteiger partial charge in [-0.1, -0.05) is 142 Å². The van der Waals surface area contributed by atoms with Crippen LogP contribution in [0.4, 0.5) is 0 Å². The molecule has 0 aliphatic heterocycles. The molecule has 0 saturated carbocycles. The number of amides is 2. The number of carbonyl (C=O) groups is 2. The number of nitrogens with one attached hydrogen (secondary N) is 2. The van der Waals surface area contributed by atoms with E-state index in [1.165, 1.54) is 0 Å². The highest BCUT2D eigenvalue weighted by molar-refractivity contribution is 7.86. The predicted octanol–water partition coefficient (Wildman–Crippen LogP) is 6.97. The fourth-order valence-corrected chi connectivity index (χ4v) is 7.21. The first-order valence-electron chi connectivity index (χ1n) is 16.9. The Balaban J connectivity index is 1.63. The molecule has 0 radical (unpaired) electrons. The van der Waals surface area contributed by atoms with Crippen molar-refractivity contribution in [3.05, 3.63) is 144 Å². The summed E-state index contributed by atoms with van der Waals surface area (Å²) >= 11 is 0. The second-order valence-corrected chi connectivity index (χ2v) is 20.6. The van der Waals surface area contributed by atoms with Crippen molar-refractivity contribution < 1.29 is 26.6 Å². The topological polar surface area (TPSA) is 111 Å². The maximum absolute atomic E-state index is 14.1. The lowest BCUT2D eigenvalue weighted by Gasteiger charge is -2.38. The maximum Gasteiger partial charge on any atom is 0.265 e. The number of hydrogen-bond donors (Lipinski definition) is 2. The van der Waals surface area contributed by atoms with Crippen LogP contribution in [0.25, 0.3) is 0 Å². The quantitative estimate of drug-likeness (QED) is 0.0737. The Hall–Kier alpha value is -4.09. The van der Waals surface area contributed by atoms with Crippen molar-refractivity contribution in [2.24, 2.45) is 0 Å². The summed E-state index contributed by atoms with van der Waals surface area (Å²) in [6.07, 6.45) is 0.00934. The Kier molecular flexibility index (Phi) is 13.0. The Labute approximate surface area is 298 Å². The van der Waals surface area contributed by atoms with Gasteiger partial charge in [-0.25, -0.2) is 0 Å². The molecule has 0 aliphatic carbocycles. The van der Waals surface area contributed by atoms with Crippen molar-refractivity contribution in [1.82, 2.24) is 10.6 Å². The highest BCUT2D eigenvalue weighted by Gasteiger charge is 2.39. The minimum atomic E-state index is -3.95. The van der Waals surface area contributed by atoms with Crippen LogP contribution in [-0.2, 0) is 40.3 Å². The van der Waals surface area contributed by atoms with Crippen molar-refractivity contribution in [3.63, 3.8) is 0 Å². The van der Waals surface area contributed by atoms with Crippen molar-refractivity contribution in [3.8, 4) is 0 Å². The van der Waals surface area contributed by atoms with E-state index in [2.05, 4.69) is 44.5 Å². The van der Waals surface area contributed by atoms with Crippen LogP contribution in [0, 0.1) is 0 Å². The predicted molar refractivity (Wildman–Crippen MR) is 202 cm³/mol. The maximum atomic E-state index is 14.1. The minimum absolute atomic E-state index is 0.0593. The molecule has 4 aromatic carbocycles. The number of benzene rings is 4. The van der Waals surface area contributed by atoms with E-state index in [0.717, 1.165) is 28.5 Å². The Bertz CT molecular complexity index is 1680. The third-order valence-corrected chi connectivity index (χ3v) is 14.4. The normalized spacial score (nSPS) is 13.6. The average Bonchev–Trinajstić information content (AvgIpc) is 3.08. The van der Waals surface area contributed by atoms with Gasteiger partial charge in [0.2, 0.25) is 5.91 Å². The average molecular weight is 715 g/mol. The molecule has 0 bridgehead atoms. The monoisotopic (exact) mass is 714 g/mol. The zero-order valence-electron chi connectivity index (χ0n) is 29.9. The largest absolute Gasteiger partial charge is 0.415 e. The molecule has 2 amide bonds. The molecule has 2 N–H and O–H groups in total. The highest BCUT2D eigenvalue weighted by atomic mass is 32.2. The summed E-state index contributed by atoms with van der Waals surface area (Å²) in [5.41, 5.74) is 2.47. The standard InChI is InChI=1S/C40H50N2O6SSi/c1-39(2,3)50(5,6)47-30-35(41-38(44)36(48-49(4,45)46)29-31-19-11-7-12-20-31)27-28-37(43)42-40(32-21-13-8-14-22-32,33-23-15-9-16-24-33)34-25-17-10-18-26-34/h7-26,35-36H,27-30H2,1-6H3,(H,41,44)(H,42,43)/t35-,36-/m0/s1. The zero-order valence-corrected chi connectivity index (χ0v) is 31.7. The van der Waals surface area contributed by atoms with E-state index in [1.54, 1.807) is 0 Å². The van der Waals surface area contributed by atoms with Gasteiger partial charge in [0.15, 0.2) is 14.4 Å². The van der Waals surface area contributed by atoms with Crippen LogP contribution < -0.4 is 10.6 Å². The van der Waals surface area contributed by atoms with Crippen LogP contribution in [-0.4, -0.2) is 53.6 Å². The fourth-order valence-electron chi connectivity index (χ4n) is 5.58. The molecule has 0 aliphatic rings. The lowest BCUT2D eigenvalue weighted by Crippen LogP contribution is -2.50. The molecule has 0 saturated heterocycles. The summed E-state index contributed by atoms with van der Waals surface area (Å²) in [7, 11) is -6.20. The van der Waals surface area contributed by atoms with Gasteiger partial charge in [0, 0.05) is 12.8 Å². The van der Waals surface area contributed by atoms with Crippen molar-refractivity contribution in [2.45, 2.75) is 75.9 Å². The summed E-state index contributed by atoms with van der Waals surface area (Å²) in [6.45, 7) is 10.8. The van der Waals surface area contributed by atoms with Crippen LogP contribution in [0.2, 0.25) is 18.1 Å². The molecular weight excluding hydrogens is 665 g/mol. The van der Waals surface area contributed by atoms with Crippen molar-refractivity contribution >= 4 is 30.2 Å². The zero-order chi connectivity index (χ0) is 36.4. The number of rotatable bonds is 16. The third-order valence-electron chi connectivity index (χ3n) is 9.31. The molecule has 0 heterocycles. The van der Waals surface area contributed by atoms with Crippen LogP contribution in [0.1, 0.15) is 55.9 Å². The highest BCUT2D eigenvalue weighted by Crippen LogP contribution is 2.38. The molecule has 0 spiro atoms. The third kappa shape index (κ3) is 10.5. The summed E-state index contributed by atoms with van der Waals surface area (Å²) in [6, 6.07) is 38.1. The molecular formula is C40H50N2O6SSi. The second kappa shape index (κ2) is 16.7. The van der Waals surface area contributed by atoms with Gasteiger partial charge in [-0.3, -0.25) is 13.8 Å². The van der Waals surface area contributed by atoms with E-state index in [0.29, 0.717) is 0 Å². The molecule has 0 aromatic heterocycles. The number of hydrogen-bond acceptors (Lipinski definition) is 6. The molecule has 4 aromatic rings. The SMILES string of the molecule is CC(C)(C)[Si](C)(C)OC[C@H](CCC(=O)NC(c1ccccc1)(c1ccccc1)c1ccccc1)NC(=O)[C@H](Cc1ccccc1)OS(C)(=O)=O. The number of carbonyl (C=O) groups excluding carboxylic acids is 2. The fraction of sp³-hybridized carbons (Fsp3) is 0.350. The lowest BCUT2D eigenvalue weighted by atomic mass is 9.77. The van der Waals surface area contributed by atoms with Gasteiger partial charge < -0.3 is 15.1 Å². The first kappa shape index (κ1) is 38.7. The molecule has 10 heteroatoms. The molecule has 266 valence electrons. The van der Waals surface area contributed by atoms with E-state index in [9.17, 15) is 18.0 Å². The first-order chi connectivity index (χ1) is 23.6. The van der Waals surface area contributed by atoms with Crippen LogP contribution >= 0.6 is 0 Å². The molecule has 50 heavy (non-hydrogen) atoms. The van der Waals surface area contributed by atoms with Gasteiger partial charge in [-0.15, -0.1) is 0 Å². The van der Waals surface area contributed by atoms with Crippen molar-refractivity contribution in [1.29, 1.82) is 0 Å². The second-order valence-electron chi connectivity index (χ2n) is 14.2. The van der Waals surface area contributed by atoms with E-state index in [1.807, 2.05) is 121 Å². The summed E-state index contributed by atoms with van der Waals surface area (Å²) < 4.78 is 36.2.